The minimum Gasteiger partial charge on any atom is -0.312 e. The maximum atomic E-state index is 3.70. The van der Waals surface area contributed by atoms with Gasteiger partial charge < -0.3 is 10.2 Å². The maximum absolute atomic E-state index is 3.70. The van der Waals surface area contributed by atoms with Crippen LogP contribution in [0.2, 0.25) is 0 Å². The first-order valence-electron chi connectivity index (χ1n) is 6.97. The van der Waals surface area contributed by atoms with Gasteiger partial charge in [0.1, 0.15) is 0 Å². The molecule has 1 aliphatic carbocycles. The predicted octanol–water partition coefficient (Wildman–Crippen LogP) is 2.64. The second-order valence-corrected chi connectivity index (χ2v) is 5.28. The molecule has 0 saturated heterocycles. The third-order valence-corrected chi connectivity index (χ3v) is 4.19. The molecule has 2 heteroatoms. The quantitative estimate of drug-likeness (QED) is 0.713. The molecule has 17 heavy (non-hydrogen) atoms. The molecule has 0 aromatic heterocycles. The zero-order valence-electron chi connectivity index (χ0n) is 12.0. The van der Waals surface area contributed by atoms with Crippen molar-refractivity contribution in [3.05, 3.63) is 0 Å². The molecule has 0 heterocycles. The summed E-state index contributed by atoms with van der Waals surface area (Å²) in [6, 6.07) is 0.589. The molecule has 98 valence electrons. The topological polar surface area (TPSA) is 15.3 Å². The standard InChI is InChI=1S/C15H28N2/c1-5-7-8-11-14(16-6-2)15(17(3)4)12-9-10-13-15/h14,16H,6,8-13H2,1-4H3. The second-order valence-electron chi connectivity index (χ2n) is 5.28. The van der Waals surface area contributed by atoms with Crippen LogP contribution in [0.3, 0.4) is 0 Å². The van der Waals surface area contributed by atoms with Gasteiger partial charge >= 0.3 is 0 Å². The van der Waals surface area contributed by atoms with Crippen LogP contribution in [0.15, 0.2) is 0 Å². The molecule has 0 amide bonds. The molecule has 0 radical (unpaired) electrons. The zero-order valence-corrected chi connectivity index (χ0v) is 12.0. The van der Waals surface area contributed by atoms with Gasteiger partial charge in [0.25, 0.3) is 0 Å². The first-order valence-corrected chi connectivity index (χ1v) is 6.97. The molecule has 1 N–H and O–H groups in total. The van der Waals surface area contributed by atoms with Crippen LogP contribution in [0.4, 0.5) is 0 Å². The van der Waals surface area contributed by atoms with Crippen LogP contribution in [-0.4, -0.2) is 37.1 Å². The molecule has 0 aromatic carbocycles. The van der Waals surface area contributed by atoms with Crippen LogP contribution in [0.25, 0.3) is 0 Å². The number of hydrogen-bond acceptors (Lipinski definition) is 2. The van der Waals surface area contributed by atoms with Gasteiger partial charge in [-0.3, -0.25) is 0 Å². The van der Waals surface area contributed by atoms with Gasteiger partial charge in [0.2, 0.25) is 0 Å². The smallest absolute Gasteiger partial charge is 0.0356 e. The summed E-state index contributed by atoms with van der Waals surface area (Å²) < 4.78 is 0. The number of likely N-dealkylation sites (N-methyl/N-ethyl adjacent to an activating group) is 2. The van der Waals surface area contributed by atoms with Crippen molar-refractivity contribution in [3.8, 4) is 11.8 Å². The van der Waals surface area contributed by atoms with Crippen LogP contribution < -0.4 is 5.32 Å². The molecule has 1 unspecified atom stereocenters. The Balaban J connectivity index is 2.72. The van der Waals surface area contributed by atoms with Gasteiger partial charge in [-0.2, -0.15) is 0 Å². The Kier molecular flexibility index (Phi) is 6.02. The zero-order chi connectivity index (χ0) is 12.7. The molecule has 0 aromatic rings. The molecule has 1 saturated carbocycles. The van der Waals surface area contributed by atoms with Crippen molar-refractivity contribution in [2.75, 3.05) is 20.6 Å². The van der Waals surface area contributed by atoms with Gasteiger partial charge in [-0.05, 0) is 46.8 Å². The van der Waals surface area contributed by atoms with E-state index < -0.39 is 0 Å². The highest BCUT2D eigenvalue weighted by atomic mass is 15.2. The molecule has 1 rings (SSSR count). The largest absolute Gasteiger partial charge is 0.312 e. The van der Waals surface area contributed by atoms with Crippen molar-refractivity contribution in [3.63, 3.8) is 0 Å². The monoisotopic (exact) mass is 236 g/mol. The van der Waals surface area contributed by atoms with E-state index in [1.165, 1.54) is 32.1 Å². The Labute approximate surface area is 107 Å². The SMILES string of the molecule is CC#CCCC(NCC)C1(N(C)C)CCCC1. The predicted molar refractivity (Wildman–Crippen MR) is 75.0 cm³/mol. The van der Waals surface area contributed by atoms with Gasteiger partial charge in [-0.1, -0.05) is 19.8 Å². The molecule has 1 fully saturated rings. The molecular weight excluding hydrogens is 208 g/mol. The highest BCUT2D eigenvalue weighted by Crippen LogP contribution is 2.38. The molecular formula is C15H28N2. The summed E-state index contributed by atoms with van der Waals surface area (Å²) in [4.78, 5) is 2.45. The van der Waals surface area contributed by atoms with E-state index in [0.29, 0.717) is 11.6 Å². The Morgan fingerprint density at radius 3 is 2.41 bits per heavy atom. The lowest BCUT2D eigenvalue weighted by Crippen LogP contribution is -2.57. The number of nitrogens with one attached hydrogen (secondary N) is 1. The summed E-state index contributed by atoms with van der Waals surface area (Å²) in [5, 5.41) is 3.70. The Morgan fingerprint density at radius 2 is 1.94 bits per heavy atom. The first kappa shape index (κ1) is 14.5. The van der Waals surface area contributed by atoms with Crippen molar-refractivity contribution in [2.45, 2.75) is 64.0 Å². The van der Waals surface area contributed by atoms with Gasteiger partial charge in [-0.25, -0.2) is 0 Å². The van der Waals surface area contributed by atoms with Crippen molar-refractivity contribution < 1.29 is 0 Å². The lowest BCUT2D eigenvalue weighted by molar-refractivity contribution is 0.101. The van der Waals surface area contributed by atoms with Crippen LogP contribution >= 0.6 is 0 Å². The normalized spacial score (nSPS) is 20.1. The van der Waals surface area contributed by atoms with E-state index in [1.807, 2.05) is 6.92 Å². The van der Waals surface area contributed by atoms with Crippen molar-refractivity contribution >= 4 is 0 Å². The summed E-state index contributed by atoms with van der Waals surface area (Å²) >= 11 is 0. The minimum absolute atomic E-state index is 0.366. The highest BCUT2D eigenvalue weighted by molar-refractivity contribution is 5.04. The number of nitrogens with zero attached hydrogens (tertiary/aromatic N) is 1. The average molecular weight is 236 g/mol. The van der Waals surface area contributed by atoms with Gasteiger partial charge in [0, 0.05) is 18.0 Å². The molecule has 1 atom stereocenters. The summed E-state index contributed by atoms with van der Waals surface area (Å²) in [6.45, 7) is 5.19. The van der Waals surface area contributed by atoms with Crippen LogP contribution in [-0.2, 0) is 0 Å². The minimum atomic E-state index is 0.366. The Bertz CT molecular complexity index is 266. The van der Waals surface area contributed by atoms with E-state index in [2.05, 4.69) is 43.1 Å². The molecule has 0 bridgehead atoms. The lowest BCUT2D eigenvalue weighted by Gasteiger charge is -2.43. The van der Waals surface area contributed by atoms with E-state index in [-0.39, 0.29) is 0 Å². The highest BCUT2D eigenvalue weighted by Gasteiger charge is 2.42. The van der Waals surface area contributed by atoms with Gasteiger partial charge in [0.15, 0.2) is 0 Å². The Hall–Kier alpha value is -0.520. The van der Waals surface area contributed by atoms with Crippen molar-refractivity contribution in [2.24, 2.45) is 0 Å². The summed E-state index contributed by atoms with van der Waals surface area (Å²) in [5.41, 5.74) is 0.366. The van der Waals surface area contributed by atoms with E-state index in [9.17, 15) is 0 Å². The summed E-state index contributed by atoms with van der Waals surface area (Å²) in [5.74, 6) is 6.21. The fraction of sp³-hybridized carbons (Fsp3) is 0.867. The van der Waals surface area contributed by atoms with Gasteiger partial charge in [0.05, 0.1) is 0 Å². The second kappa shape index (κ2) is 7.03. The number of rotatable bonds is 6. The van der Waals surface area contributed by atoms with Crippen molar-refractivity contribution in [1.82, 2.24) is 10.2 Å². The average Bonchev–Trinajstić information content (AvgIpc) is 2.78. The third kappa shape index (κ3) is 3.47. The fourth-order valence-corrected chi connectivity index (χ4v) is 3.24. The van der Waals surface area contributed by atoms with E-state index >= 15 is 0 Å². The Morgan fingerprint density at radius 1 is 1.29 bits per heavy atom. The maximum Gasteiger partial charge on any atom is 0.0356 e. The summed E-state index contributed by atoms with van der Waals surface area (Å²) in [7, 11) is 4.47. The third-order valence-electron chi connectivity index (χ3n) is 4.19. The molecule has 0 spiro atoms. The van der Waals surface area contributed by atoms with Crippen LogP contribution in [0, 0.1) is 11.8 Å². The molecule has 2 nitrogen and oxygen atoms in total. The molecule has 0 aliphatic heterocycles. The fourth-order valence-electron chi connectivity index (χ4n) is 3.24. The van der Waals surface area contributed by atoms with Gasteiger partial charge in [-0.15, -0.1) is 11.8 Å². The van der Waals surface area contributed by atoms with E-state index in [0.717, 1.165) is 13.0 Å². The lowest BCUT2D eigenvalue weighted by atomic mass is 9.84. The van der Waals surface area contributed by atoms with Crippen LogP contribution in [0.1, 0.15) is 52.4 Å². The molecule has 1 aliphatic rings. The van der Waals surface area contributed by atoms with Crippen molar-refractivity contribution in [1.29, 1.82) is 0 Å². The number of hydrogen-bond donors (Lipinski definition) is 1. The first-order chi connectivity index (χ1) is 8.17. The van der Waals surface area contributed by atoms with E-state index in [1.54, 1.807) is 0 Å². The van der Waals surface area contributed by atoms with Crippen LogP contribution in [0.5, 0.6) is 0 Å². The summed E-state index contributed by atoms with van der Waals surface area (Å²) in [6.07, 6.45) is 7.60. The van der Waals surface area contributed by atoms with E-state index in [4.69, 9.17) is 0 Å².